The minimum absolute atomic E-state index is 0.616. The molecule has 0 aliphatic rings. The predicted octanol–water partition coefficient (Wildman–Crippen LogP) is 10.0. The highest BCUT2D eigenvalue weighted by Gasteiger charge is 2.14. The van der Waals surface area contributed by atoms with Gasteiger partial charge < -0.3 is 4.42 Å². The van der Waals surface area contributed by atoms with Crippen molar-refractivity contribution < 1.29 is 4.42 Å². The second-order valence-corrected chi connectivity index (χ2v) is 11.4. The first-order chi connectivity index (χ1) is 23.2. The molecule has 9 rings (SSSR count). The van der Waals surface area contributed by atoms with Gasteiger partial charge in [0, 0.05) is 32.8 Å². The van der Waals surface area contributed by atoms with Gasteiger partial charge in [-0.2, -0.15) is 0 Å². The molecule has 5 aromatic carbocycles. The molecule has 0 radical (unpaired) electrons. The summed E-state index contributed by atoms with van der Waals surface area (Å²) in [5, 5.41) is 3.11. The first kappa shape index (κ1) is 26.8. The Bertz CT molecular complexity index is 2520. The summed E-state index contributed by atoms with van der Waals surface area (Å²) in [6.45, 7) is 0. The summed E-state index contributed by atoms with van der Waals surface area (Å²) in [5.41, 5.74) is 8.86. The number of furan rings is 1. The van der Waals surface area contributed by atoms with E-state index in [-0.39, 0.29) is 0 Å². The first-order valence-electron chi connectivity index (χ1n) is 15.4. The number of fused-ring (bicyclic) bond motifs is 4. The Labute approximate surface area is 270 Å². The molecule has 0 unspecified atom stereocenters. The van der Waals surface area contributed by atoms with Crippen LogP contribution in [0.4, 0.5) is 0 Å². The van der Waals surface area contributed by atoms with Crippen molar-refractivity contribution in [3.05, 3.63) is 152 Å². The highest BCUT2D eigenvalue weighted by atomic mass is 16.3. The van der Waals surface area contributed by atoms with Gasteiger partial charge in [0.25, 0.3) is 0 Å². The van der Waals surface area contributed by atoms with E-state index >= 15 is 0 Å². The highest BCUT2D eigenvalue weighted by molar-refractivity contribution is 6.04. The molecule has 220 valence electrons. The van der Waals surface area contributed by atoms with E-state index < -0.39 is 0 Å². The third kappa shape index (κ3) is 4.98. The number of nitrogens with zero attached hydrogens (tertiary/aromatic N) is 5. The molecule has 0 atom stereocenters. The largest absolute Gasteiger partial charge is 0.438 e. The van der Waals surface area contributed by atoms with E-state index in [0.29, 0.717) is 23.2 Å². The van der Waals surface area contributed by atoms with Gasteiger partial charge in [-0.25, -0.2) is 24.9 Å². The van der Waals surface area contributed by atoms with Gasteiger partial charge in [-0.05, 0) is 53.6 Å². The van der Waals surface area contributed by atoms with Gasteiger partial charge in [0.2, 0.25) is 5.71 Å². The first-order valence-corrected chi connectivity index (χ1v) is 15.4. The van der Waals surface area contributed by atoms with Crippen LogP contribution in [-0.4, -0.2) is 24.9 Å². The smallest absolute Gasteiger partial charge is 0.227 e. The van der Waals surface area contributed by atoms with Gasteiger partial charge in [-0.1, -0.05) is 109 Å². The molecule has 0 bridgehead atoms. The fraction of sp³-hybridized carbons (Fsp3) is 0. The lowest BCUT2D eigenvalue weighted by molar-refractivity contribution is 0.654. The Kier molecular flexibility index (Phi) is 6.35. The molecule has 6 heteroatoms. The number of rotatable bonds is 5. The molecule has 4 aromatic heterocycles. The van der Waals surface area contributed by atoms with Gasteiger partial charge >= 0.3 is 0 Å². The molecule has 4 heterocycles. The minimum Gasteiger partial charge on any atom is -0.438 e. The molecular formula is C41H25N5O. The van der Waals surface area contributed by atoms with E-state index in [1.54, 1.807) is 0 Å². The Morgan fingerprint density at radius 3 is 1.72 bits per heavy atom. The van der Waals surface area contributed by atoms with E-state index in [1.807, 2.05) is 103 Å². The monoisotopic (exact) mass is 603 g/mol. The lowest BCUT2D eigenvalue weighted by Crippen LogP contribution is -2.00. The fourth-order valence-electron chi connectivity index (χ4n) is 5.97. The molecule has 0 aliphatic heterocycles. The van der Waals surface area contributed by atoms with Crippen LogP contribution in [0.2, 0.25) is 0 Å². The number of para-hydroxylation sites is 1. The van der Waals surface area contributed by atoms with Crippen molar-refractivity contribution in [2.24, 2.45) is 0 Å². The maximum Gasteiger partial charge on any atom is 0.227 e. The minimum atomic E-state index is 0.616. The van der Waals surface area contributed by atoms with E-state index in [4.69, 9.17) is 29.3 Å². The normalized spacial score (nSPS) is 11.4. The Morgan fingerprint density at radius 2 is 0.957 bits per heavy atom. The molecule has 0 spiro atoms. The van der Waals surface area contributed by atoms with E-state index in [9.17, 15) is 0 Å². The van der Waals surface area contributed by atoms with Crippen LogP contribution in [0, 0.1) is 0 Å². The summed E-state index contributed by atoms with van der Waals surface area (Å²) in [6, 6.07) is 50.9. The third-order valence-electron chi connectivity index (χ3n) is 8.35. The zero-order valence-electron chi connectivity index (χ0n) is 25.1. The Morgan fingerprint density at radius 1 is 0.362 bits per heavy atom. The molecule has 6 nitrogen and oxygen atoms in total. The molecule has 0 aliphatic carbocycles. The zero-order valence-corrected chi connectivity index (χ0v) is 25.1. The molecule has 0 amide bonds. The standard InChI is InChI=1S/C41H25N5O/c1-3-10-26(11-4-1)38-44-39(27-12-5-2-6-13-27)46-40(45-38)31-15-9-14-28(25-31)29-18-21-34-30(24-29)19-22-35(42-34)36-23-20-33-32-16-7-8-17-37(32)47-41(33)43-36/h1-25H. The van der Waals surface area contributed by atoms with Gasteiger partial charge in [-0.15, -0.1) is 0 Å². The third-order valence-corrected chi connectivity index (χ3v) is 8.35. The van der Waals surface area contributed by atoms with Gasteiger partial charge in [0.15, 0.2) is 17.5 Å². The van der Waals surface area contributed by atoms with Crippen molar-refractivity contribution in [3.8, 4) is 56.7 Å². The van der Waals surface area contributed by atoms with Crippen molar-refractivity contribution in [2.45, 2.75) is 0 Å². The number of pyridine rings is 2. The highest BCUT2D eigenvalue weighted by Crippen LogP contribution is 2.32. The molecule has 0 saturated carbocycles. The molecule has 0 fully saturated rings. The van der Waals surface area contributed by atoms with Crippen LogP contribution in [0.3, 0.4) is 0 Å². The summed E-state index contributed by atoms with van der Waals surface area (Å²) in [5.74, 6) is 1.91. The Balaban J connectivity index is 1.07. The van der Waals surface area contributed by atoms with E-state index in [1.165, 1.54) is 0 Å². The van der Waals surface area contributed by atoms with Crippen LogP contribution in [0.5, 0.6) is 0 Å². The van der Waals surface area contributed by atoms with E-state index in [2.05, 4.69) is 48.5 Å². The lowest BCUT2D eigenvalue weighted by atomic mass is 10.0. The van der Waals surface area contributed by atoms with Crippen molar-refractivity contribution in [3.63, 3.8) is 0 Å². The number of aromatic nitrogens is 5. The zero-order chi connectivity index (χ0) is 31.2. The summed E-state index contributed by atoms with van der Waals surface area (Å²) in [6.07, 6.45) is 0. The van der Waals surface area contributed by atoms with E-state index in [0.717, 1.165) is 66.5 Å². The van der Waals surface area contributed by atoms with Crippen molar-refractivity contribution in [2.75, 3.05) is 0 Å². The lowest BCUT2D eigenvalue weighted by Gasteiger charge is -2.10. The van der Waals surface area contributed by atoms with Gasteiger partial charge in [0.05, 0.1) is 16.9 Å². The van der Waals surface area contributed by atoms with Gasteiger partial charge in [-0.3, -0.25) is 0 Å². The SMILES string of the molecule is c1ccc(-c2nc(-c3ccccc3)nc(-c3cccc(-c4ccc5nc(-c6ccc7c(n6)oc6ccccc67)ccc5c4)c3)n2)cc1. The average molecular weight is 604 g/mol. The van der Waals surface area contributed by atoms with Crippen LogP contribution in [0.1, 0.15) is 0 Å². The summed E-state index contributed by atoms with van der Waals surface area (Å²) >= 11 is 0. The van der Waals surface area contributed by atoms with Crippen molar-refractivity contribution >= 4 is 33.0 Å². The van der Waals surface area contributed by atoms with Crippen molar-refractivity contribution in [1.82, 2.24) is 24.9 Å². The van der Waals surface area contributed by atoms with Crippen LogP contribution in [0.15, 0.2) is 156 Å². The van der Waals surface area contributed by atoms with Crippen molar-refractivity contribution in [1.29, 1.82) is 0 Å². The molecule has 9 aromatic rings. The molecule has 47 heavy (non-hydrogen) atoms. The second-order valence-electron chi connectivity index (χ2n) is 11.4. The van der Waals surface area contributed by atoms with Crippen LogP contribution >= 0.6 is 0 Å². The topological polar surface area (TPSA) is 77.6 Å². The van der Waals surface area contributed by atoms with Crippen LogP contribution in [0.25, 0.3) is 89.7 Å². The van der Waals surface area contributed by atoms with Crippen LogP contribution in [-0.2, 0) is 0 Å². The summed E-state index contributed by atoms with van der Waals surface area (Å²) < 4.78 is 6.02. The number of benzene rings is 5. The summed E-state index contributed by atoms with van der Waals surface area (Å²) in [7, 11) is 0. The molecular weight excluding hydrogens is 578 g/mol. The maximum atomic E-state index is 6.02. The Hall–Kier alpha value is -6.53. The maximum absolute atomic E-state index is 6.02. The van der Waals surface area contributed by atoms with Crippen LogP contribution < -0.4 is 0 Å². The molecule has 0 saturated heterocycles. The number of hydrogen-bond donors (Lipinski definition) is 0. The quantitative estimate of drug-likeness (QED) is 0.195. The fourth-order valence-corrected chi connectivity index (χ4v) is 5.97. The van der Waals surface area contributed by atoms with Gasteiger partial charge in [0.1, 0.15) is 5.58 Å². The number of hydrogen-bond acceptors (Lipinski definition) is 6. The predicted molar refractivity (Wildman–Crippen MR) is 187 cm³/mol. The second kappa shape index (κ2) is 11.1. The summed E-state index contributed by atoms with van der Waals surface area (Å²) in [4.78, 5) is 24.4. The average Bonchev–Trinajstić information content (AvgIpc) is 3.53. The molecule has 0 N–H and O–H groups in total.